The second-order valence-corrected chi connectivity index (χ2v) is 8.97. The molecular formula is C25H38N6O3. The van der Waals surface area contributed by atoms with Crippen LogP contribution in [-0.2, 0) is 9.47 Å². The first kappa shape index (κ1) is 24.7. The van der Waals surface area contributed by atoms with Gasteiger partial charge in [-0.05, 0) is 31.0 Å². The molecule has 3 fully saturated rings. The van der Waals surface area contributed by atoms with Gasteiger partial charge in [0.05, 0.1) is 36.3 Å². The molecule has 1 spiro atoms. The van der Waals surface area contributed by atoms with Crippen LogP contribution in [0.4, 0.5) is 11.5 Å². The summed E-state index contributed by atoms with van der Waals surface area (Å²) in [7, 11) is 0. The number of nitrogen functional groups attached to an aromatic ring is 1. The number of anilines is 2. The van der Waals surface area contributed by atoms with Crippen LogP contribution in [0.1, 0.15) is 26.7 Å². The predicted molar refractivity (Wildman–Crippen MR) is 134 cm³/mol. The Labute approximate surface area is 202 Å². The molecule has 9 nitrogen and oxygen atoms in total. The van der Waals surface area contributed by atoms with Gasteiger partial charge in [0.1, 0.15) is 5.75 Å². The van der Waals surface area contributed by atoms with E-state index in [1.807, 2.05) is 32.0 Å². The molecule has 1 aromatic heterocycles. The van der Waals surface area contributed by atoms with E-state index in [1.54, 1.807) is 12.1 Å². The number of nitrogens with zero attached hydrogens (tertiary/aromatic N) is 4. The molecule has 0 unspecified atom stereocenters. The van der Waals surface area contributed by atoms with Crippen molar-refractivity contribution in [1.82, 2.24) is 20.4 Å². The van der Waals surface area contributed by atoms with E-state index in [-0.39, 0.29) is 17.5 Å². The highest BCUT2D eigenvalue weighted by molar-refractivity contribution is 5.74. The summed E-state index contributed by atoms with van der Waals surface area (Å²) in [6.45, 7) is 11.9. The first-order valence-corrected chi connectivity index (χ1v) is 12.5. The smallest absolute Gasteiger partial charge is 0.169 e. The van der Waals surface area contributed by atoms with Crippen LogP contribution >= 0.6 is 0 Å². The third kappa shape index (κ3) is 5.60. The largest absolute Gasteiger partial charge is 0.507 e. The van der Waals surface area contributed by atoms with Crippen LogP contribution in [0, 0.1) is 0 Å². The van der Waals surface area contributed by atoms with E-state index in [4.69, 9.17) is 15.2 Å². The number of phenolic OH excluding ortho intramolecular Hbond substituents is 1. The van der Waals surface area contributed by atoms with Gasteiger partial charge in [-0.1, -0.05) is 26.0 Å². The van der Waals surface area contributed by atoms with Gasteiger partial charge in [-0.2, -0.15) is 0 Å². The average Bonchev–Trinajstić information content (AvgIpc) is 2.87. The third-order valence-corrected chi connectivity index (χ3v) is 6.79. The minimum atomic E-state index is -0.118. The minimum Gasteiger partial charge on any atom is -0.507 e. The van der Waals surface area contributed by atoms with Crippen molar-refractivity contribution in [2.45, 2.75) is 38.4 Å². The molecule has 1 atom stereocenters. The quantitative estimate of drug-likeness (QED) is 0.619. The zero-order valence-electron chi connectivity index (χ0n) is 20.4. The van der Waals surface area contributed by atoms with Crippen molar-refractivity contribution in [3.8, 4) is 17.0 Å². The number of piperidine rings is 1. The summed E-state index contributed by atoms with van der Waals surface area (Å²) >= 11 is 0. The summed E-state index contributed by atoms with van der Waals surface area (Å²) in [5.74, 6) is 0.594. The van der Waals surface area contributed by atoms with E-state index >= 15 is 0 Å². The summed E-state index contributed by atoms with van der Waals surface area (Å²) in [6.07, 6.45) is 2.12. The number of para-hydroxylation sites is 1. The fourth-order valence-electron chi connectivity index (χ4n) is 5.03. The Morgan fingerprint density at radius 3 is 2.68 bits per heavy atom. The Morgan fingerprint density at radius 2 is 1.94 bits per heavy atom. The van der Waals surface area contributed by atoms with E-state index in [1.165, 1.54) is 0 Å². The molecule has 0 amide bonds. The van der Waals surface area contributed by atoms with Gasteiger partial charge in [0.2, 0.25) is 0 Å². The normalized spacial score (nSPS) is 22.8. The SMILES string of the molecule is CC.Nc1nnc(-c2ccccc2O)cc1N1CCC2(CC1)CN(C[C@H]1CNCCO1)CCO2. The summed E-state index contributed by atoms with van der Waals surface area (Å²) in [4.78, 5) is 4.75. The maximum Gasteiger partial charge on any atom is 0.169 e. The summed E-state index contributed by atoms with van der Waals surface area (Å²) in [6, 6.07) is 9.08. The van der Waals surface area contributed by atoms with Crippen molar-refractivity contribution in [3.05, 3.63) is 30.3 Å². The number of morpholine rings is 2. The number of benzene rings is 1. The lowest BCUT2D eigenvalue weighted by molar-refractivity contribution is -0.129. The molecule has 1 aromatic carbocycles. The van der Waals surface area contributed by atoms with Crippen LogP contribution in [0.15, 0.2) is 30.3 Å². The Kier molecular flexibility index (Phi) is 8.20. The van der Waals surface area contributed by atoms with E-state index in [9.17, 15) is 5.11 Å². The Hall–Kier alpha value is -2.46. The summed E-state index contributed by atoms with van der Waals surface area (Å²) in [5, 5.41) is 22.0. The van der Waals surface area contributed by atoms with Gasteiger partial charge in [-0.25, -0.2) is 0 Å². The minimum absolute atomic E-state index is 0.118. The lowest BCUT2D eigenvalue weighted by atomic mass is 9.89. The number of ether oxygens (including phenoxy) is 2. The molecule has 0 aliphatic carbocycles. The fraction of sp³-hybridized carbons (Fsp3) is 0.600. The second kappa shape index (κ2) is 11.3. The first-order valence-electron chi connectivity index (χ1n) is 12.5. The van der Waals surface area contributed by atoms with Gasteiger partial charge in [0.15, 0.2) is 5.82 Å². The van der Waals surface area contributed by atoms with Crippen LogP contribution in [-0.4, -0.2) is 90.9 Å². The standard InChI is InChI=1S/C23H32N6O3.C2H6/c24-22-20(13-19(26-27-22)18-3-1-2-4-21(18)30)29-8-5-23(6-9-29)16-28(10-12-32-23)15-17-14-25-7-11-31-17;1-2/h1-4,13,17,25,30H,5-12,14-16H2,(H2,24,27);1-2H3/t17-;/m1./s1. The third-order valence-electron chi connectivity index (χ3n) is 6.79. The van der Waals surface area contributed by atoms with Crippen molar-refractivity contribution in [2.24, 2.45) is 0 Å². The van der Waals surface area contributed by atoms with Crippen molar-refractivity contribution >= 4 is 11.5 Å². The lowest BCUT2D eigenvalue weighted by Crippen LogP contribution is -2.58. The molecule has 0 bridgehead atoms. The van der Waals surface area contributed by atoms with Crippen molar-refractivity contribution in [1.29, 1.82) is 0 Å². The molecule has 4 heterocycles. The number of aromatic nitrogens is 2. The number of phenols is 1. The van der Waals surface area contributed by atoms with Gasteiger partial charge in [0.25, 0.3) is 0 Å². The highest BCUT2D eigenvalue weighted by Crippen LogP contribution is 2.36. The molecule has 186 valence electrons. The van der Waals surface area contributed by atoms with Gasteiger partial charge < -0.3 is 30.5 Å². The molecule has 34 heavy (non-hydrogen) atoms. The van der Waals surface area contributed by atoms with Crippen LogP contribution in [0.3, 0.4) is 0 Å². The van der Waals surface area contributed by atoms with Crippen LogP contribution in [0.5, 0.6) is 5.75 Å². The van der Waals surface area contributed by atoms with E-state index < -0.39 is 0 Å². The molecular weight excluding hydrogens is 432 g/mol. The molecule has 3 aliphatic heterocycles. The van der Waals surface area contributed by atoms with Gasteiger partial charge in [-0.3, -0.25) is 4.90 Å². The first-order chi connectivity index (χ1) is 16.6. The highest BCUT2D eigenvalue weighted by Gasteiger charge is 2.40. The number of rotatable bonds is 4. The van der Waals surface area contributed by atoms with Crippen LogP contribution in [0.2, 0.25) is 0 Å². The van der Waals surface area contributed by atoms with Crippen LogP contribution < -0.4 is 16.0 Å². The highest BCUT2D eigenvalue weighted by atomic mass is 16.5. The van der Waals surface area contributed by atoms with Crippen LogP contribution in [0.25, 0.3) is 11.3 Å². The number of aromatic hydroxyl groups is 1. The number of nitrogens with two attached hydrogens (primary N) is 1. The Bertz CT molecular complexity index is 929. The molecule has 9 heteroatoms. The maximum atomic E-state index is 10.2. The maximum absolute atomic E-state index is 10.2. The molecule has 5 rings (SSSR count). The molecule has 4 N–H and O–H groups in total. The lowest BCUT2D eigenvalue weighted by Gasteiger charge is -2.48. The number of hydrogen-bond acceptors (Lipinski definition) is 9. The van der Waals surface area contributed by atoms with Gasteiger partial charge in [0, 0.05) is 51.4 Å². The average molecular weight is 471 g/mol. The van der Waals surface area contributed by atoms with Crippen molar-refractivity contribution in [2.75, 3.05) is 69.7 Å². The molecule has 3 aliphatic rings. The topological polar surface area (TPSA) is 109 Å². The zero-order valence-corrected chi connectivity index (χ0v) is 20.4. The molecule has 0 saturated carbocycles. The summed E-state index contributed by atoms with van der Waals surface area (Å²) in [5.41, 5.74) is 8.21. The Balaban J connectivity index is 0.00000133. The molecule has 2 aromatic rings. The zero-order chi connectivity index (χ0) is 24.0. The van der Waals surface area contributed by atoms with Gasteiger partial charge in [-0.15, -0.1) is 10.2 Å². The fourth-order valence-corrected chi connectivity index (χ4v) is 5.03. The predicted octanol–water partition coefficient (Wildman–Crippen LogP) is 2.12. The number of hydrogen-bond donors (Lipinski definition) is 3. The van der Waals surface area contributed by atoms with Gasteiger partial charge >= 0.3 is 0 Å². The molecule has 0 radical (unpaired) electrons. The second-order valence-electron chi connectivity index (χ2n) is 8.97. The van der Waals surface area contributed by atoms with Crippen molar-refractivity contribution in [3.63, 3.8) is 0 Å². The monoisotopic (exact) mass is 470 g/mol. The van der Waals surface area contributed by atoms with E-state index in [0.29, 0.717) is 17.1 Å². The number of nitrogens with one attached hydrogen (secondary N) is 1. The molecule has 3 saturated heterocycles. The summed E-state index contributed by atoms with van der Waals surface area (Å²) < 4.78 is 12.2. The Morgan fingerprint density at radius 1 is 1.15 bits per heavy atom. The van der Waals surface area contributed by atoms with E-state index in [0.717, 1.165) is 77.6 Å². The van der Waals surface area contributed by atoms with Crippen molar-refractivity contribution < 1.29 is 14.6 Å². The van der Waals surface area contributed by atoms with E-state index in [2.05, 4.69) is 25.3 Å².